The molecule has 0 aliphatic carbocycles. The third-order valence-electron chi connectivity index (χ3n) is 5.65. The summed E-state index contributed by atoms with van der Waals surface area (Å²) >= 11 is 0. The molecule has 7 heteroatoms. The number of aryl methyl sites for hydroxylation is 1. The number of fused-ring (bicyclic) bond motifs is 1. The number of likely N-dealkylation sites (N-methyl/N-ethyl adjacent to an activating group) is 1. The fraction of sp³-hybridized carbons (Fsp3) is 0.524. The molecule has 7 nitrogen and oxygen atoms in total. The minimum atomic E-state index is -0.430. The van der Waals surface area contributed by atoms with Gasteiger partial charge in [-0.3, -0.25) is 14.4 Å². The molecule has 28 heavy (non-hydrogen) atoms. The molecule has 1 aromatic carbocycles. The summed E-state index contributed by atoms with van der Waals surface area (Å²) in [5, 5.41) is 17.6. The molecular formula is C21H29N5O2. The van der Waals surface area contributed by atoms with Crippen LogP contribution in [0.25, 0.3) is 0 Å². The maximum atomic E-state index is 12.4. The Balaban J connectivity index is 1.36. The summed E-state index contributed by atoms with van der Waals surface area (Å²) in [4.78, 5) is 16.9. The molecule has 0 spiro atoms. The highest BCUT2D eigenvalue weighted by molar-refractivity contribution is 5.90. The van der Waals surface area contributed by atoms with Crippen molar-refractivity contribution in [2.24, 2.45) is 5.92 Å². The van der Waals surface area contributed by atoms with Gasteiger partial charge in [0.1, 0.15) is 0 Å². The number of aliphatic hydroxyl groups excluding tert-OH is 1. The number of β-amino-alcohol motifs (C(OH)–C–C–N with tert-alkyl or cyclic N) is 1. The average Bonchev–Trinajstić information content (AvgIpc) is 3.11. The van der Waals surface area contributed by atoms with Crippen molar-refractivity contribution in [3.63, 3.8) is 0 Å². The zero-order chi connectivity index (χ0) is 19.5. The van der Waals surface area contributed by atoms with E-state index in [-0.39, 0.29) is 11.8 Å². The SMILES string of the molecule is CN1C[C@@H](CC(=O)Nc2cc3n(n2)CCCN(Cc2ccccc2)C3)[C@H](O)C1. The lowest BCUT2D eigenvalue weighted by atomic mass is 10.0. The van der Waals surface area contributed by atoms with Crippen molar-refractivity contribution in [3.05, 3.63) is 47.7 Å². The van der Waals surface area contributed by atoms with Crippen LogP contribution in [-0.4, -0.2) is 63.4 Å². The summed E-state index contributed by atoms with van der Waals surface area (Å²) in [6.45, 7) is 5.02. The van der Waals surface area contributed by atoms with Crippen LogP contribution in [-0.2, 0) is 24.4 Å². The molecule has 4 rings (SSSR count). The lowest BCUT2D eigenvalue weighted by Crippen LogP contribution is -2.24. The average molecular weight is 383 g/mol. The summed E-state index contributed by atoms with van der Waals surface area (Å²) in [5.41, 5.74) is 2.44. The van der Waals surface area contributed by atoms with E-state index in [2.05, 4.69) is 44.5 Å². The number of hydrogen-bond acceptors (Lipinski definition) is 5. The van der Waals surface area contributed by atoms with E-state index in [9.17, 15) is 9.90 Å². The Morgan fingerprint density at radius 1 is 1.25 bits per heavy atom. The number of amides is 1. The molecule has 1 aromatic heterocycles. The summed E-state index contributed by atoms with van der Waals surface area (Å²) in [6.07, 6.45) is 0.935. The van der Waals surface area contributed by atoms with Gasteiger partial charge in [0.25, 0.3) is 0 Å². The van der Waals surface area contributed by atoms with Crippen LogP contribution >= 0.6 is 0 Å². The van der Waals surface area contributed by atoms with Crippen LogP contribution in [0.2, 0.25) is 0 Å². The molecule has 0 unspecified atom stereocenters. The highest BCUT2D eigenvalue weighted by atomic mass is 16.3. The molecule has 2 N–H and O–H groups in total. The third kappa shape index (κ3) is 4.60. The number of hydrogen-bond donors (Lipinski definition) is 2. The van der Waals surface area contributed by atoms with Crippen LogP contribution in [0.1, 0.15) is 24.1 Å². The minimum Gasteiger partial charge on any atom is -0.391 e. The van der Waals surface area contributed by atoms with E-state index in [4.69, 9.17) is 0 Å². The Morgan fingerprint density at radius 3 is 2.82 bits per heavy atom. The summed E-state index contributed by atoms with van der Waals surface area (Å²) in [7, 11) is 1.97. The zero-order valence-electron chi connectivity index (χ0n) is 16.4. The maximum absolute atomic E-state index is 12.4. The van der Waals surface area contributed by atoms with Gasteiger partial charge in [0.05, 0.1) is 11.8 Å². The van der Waals surface area contributed by atoms with Gasteiger partial charge in [-0.2, -0.15) is 5.10 Å². The summed E-state index contributed by atoms with van der Waals surface area (Å²) < 4.78 is 2.01. The Kier molecular flexibility index (Phi) is 5.75. The molecule has 150 valence electrons. The highest BCUT2D eigenvalue weighted by Gasteiger charge is 2.31. The van der Waals surface area contributed by atoms with E-state index < -0.39 is 6.10 Å². The molecule has 2 aromatic rings. The lowest BCUT2D eigenvalue weighted by Gasteiger charge is -2.19. The molecule has 1 amide bonds. The second-order valence-corrected chi connectivity index (χ2v) is 8.09. The van der Waals surface area contributed by atoms with Crippen LogP contribution in [0.4, 0.5) is 5.82 Å². The second-order valence-electron chi connectivity index (χ2n) is 8.09. The van der Waals surface area contributed by atoms with E-state index in [1.54, 1.807) is 0 Å². The van der Waals surface area contributed by atoms with Gasteiger partial charge in [-0.25, -0.2) is 0 Å². The molecule has 3 heterocycles. The van der Waals surface area contributed by atoms with Crippen LogP contribution in [0.5, 0.6) is 0 Å². The minimum absolute atomic E-state index is 0.00759. The van der Waals surface area contributed by atoms with E-state index in [0.29, 0.717) is 18.8 Å². The number of rotatable bonds is 5. The van der Waals surface area contributed by atoms with Crippen molar-refractivity contribution in [3.8, 4) is 0 Å². The van der Waals surface area contributed by atoms with Crippen LogP contribution < -0.4 is 5.32 Å². The molecule has 2 aliphatic rings. The monoisotopic (exact) mass is 383 g/mol. The Bertz CT molecular complexity index is 806. The maximum Gasteiger partial charge on any atom is 0.226 e. The van der Waals surface area contributed by atoms with Crippen molar-refractivity contribution in [2.45, 2.75) is 38.6 Å². The van der Waals surface area contributed by atoms with Gasteiger partial charge in [-0.05, 0) is 19.0 Å². The molecule has 0 radical (unpaired) electrons. The molecular weight excluding hydrogens is 354 g/mol. The molecule has 2 atom stereocenters. The van der Waals surface area contributed by atoms with E-state index in [1.165, 1.54) is 5.56 Å². The molecule has 1 saturated heterocycles. The quantitative estimate of drug-likeness (QED) is 0.819. The summed E-state index contributed by atoms with van der Waals surface area (Å²) in [6, 6.07) is 12.5. The number of aliphatic hydroxyl groups is 1. The van der Waals surface area contributed by atoms with Crippen molar-refractivity contribution in [1.82, 2.24) is 19.6 Å². The first-order chi connectivity index (χ1) is 13.6. The highest BCUT2D eigenvalue weighted by Crippen LogP contribution is 2.21. The number of nitrogens with one attached hydrogen (secondary N) is 1. The van der Waals surface area contributed by atoms with Crippen LogP contribution in [0.3, 0.4) is 0 Å². The van der Waals surface area contributed by atoms with Crippen molar-refractivity contribution in [2.75, 3.05) is 32.0 Å². The summed E-state index contributed by atoms with van der Waals surface area (Å²) in [5.74, 6) is 0.531. The Hall–Kier alpha value is -2.22. The van der Waals surface area contributed by atoms with E-state index in [0.717, 1.165) is 44.8 Å². The number of likely N-dealkylation sites (tertiary alicyclic amines) is 1. The van der Waals surface area contributed by atoms with Crippen LogP contribution in [0, 0.1) is 5.92 Å². The van der Waals surface area contributed by atoms with E-state index >= 15 is 0 Å². The lowest BCUT2D eigenvalue weighted by molar-refractivity contribution is -0.117. The largest absolute Gasteiger partial charge is 0.391 e. The first kappa shape index (κ1) is 19.1. The normalized spacial score (nSPS) is 23.4. The van der Waals surface area contributed by atoms with Gasteiger partial charge in [-0.15, -0.1) is 0 Å². The first-order valence-corrected chi connectivity index (χ1v) is 10.1. The number of benzene rings is 1. The first-order valence-electron chi connectivity index (χ1n) is 10.1. The predicted molar refractivity (Wildman–Crippen MR) is 108 cm³/mol. The van der Waals surface area contributed by atoms with Crippen molar-refractivity contribution < 1.29 is 9.90 Å². The number of carbonyl (C=O) groups is 1. The van der Waals surface area contributed by atoms with Gasteiger partial charge in [0.15, 0.2) is 5.82 Å². The van der Waals surface area contributed by atoms with Crippen molar-refractivity contribution in [1.29, 1.82) is 0 Å². The van der Waals surface area contributed by atoms with E-state index in [1.807, 2.05) is 23.9 Å². The standard InChI is InChI=1S/C21H29N5O2/c1-24-13-17(19(27)15-24)10-21(28)22-20-11-18-14-25(8-5-9-26(18)23-20)12-16-6-3-2-4-7-16/h2-4,6-7,11,17,19,27H,5,8-10,12-15H2,1H3,(H,22,23,28)/t17-,19-/m1/s1. The Morgan fingerprint density at radius 2 is 2.07 bits per heavy atom. The van der Waals surface area contributed by atoms with Crippen molar-refractivity contribution >= 4 is 11.7 Å². The van der Waals surface area contributed by atoms with Gasteiger partial charge < -0.3 is 15.3 Å². The fourth-order valence-corrected chi connectivity index (χ4v) is 4.26. The fourth-order valence-electron chi connectivity index (χ4n) is 4.26. The Labute approximate surface area is 165 Å². The molecule has 0 saturated carbocycles. The van der Waals surface area contributed by atoms with Gasteiger partial charge >= 0.3 is 0 Å². The predicted octanol–water partition coefficient (Wildman–Crippen LogP) is 1.54. The topological polar surface area (TPSA) is 73.6 Å². The number of aromatic nitrogens is 2. The molecule has 2 aliphatic heterocycles. The number of anilines is 1. The molecule has 0 bridgehead atoms. The van der Waals surface area contributed by atoms with Crippen LogP contribution in [0.15, 0.2) is 36.4 Å². The van der Waals surface area contributed by atoms with Gasteiger partial charge in [-0.1, -0.05) is 30.3 Å². The van der Waals surface area contributed by atoms with Gasteiger partial charge in [0, 0.05) is 57.7 Å². The zero-order valence-corrected chi connectivity index (χ0v) is 16.4. The third-order valence-corrected chi connectivity index (χ3v) is 5.65. The number of nitrogens with zero attached hydrogens (tertiary/aromatic N) is 4. The number of carbonyl (C=O) groups excluding carboxylic acids is 1. The smallest absolute Gasteiger partial charge is 0.226 e. The second kappa shape index (κ2) is 8.43. The molecule has 1 fully saturated rings. The van der Waals surface area contributed by atoms with Gasteiger partial charge in [0.2, 0.25) is 5.91 Å².